The lowest BCUT2D eigenvalue weighted by atomic mass is 10.1. The molecule has 0 heterocycles. The average Bonchev–Trinajstić information content (AvgIpc) is 2.32. The summed E-state index contributed by atoms with van der Waals surface area (Å²) in [5, 5.41) is 10.6. The normalized spacial score (nSPS) is 15.3. The van der Waals surface area contributed by atoms with E-state index in [0.717, 1.165) is 24.3 Å². The number of carbonyl (C=O) groups is 1. The van der Waals surface area contributed by atoms with Crippen molar-refractivity contribution < 1.29 is 35.9 Å². The van der Waals surface area contributed by atoms with Gasteiger partial charge in [0.05, 0.1) is 5.75 Å². The van der Waals surface area contributed by atoms with Crippen molar-refractivity contribution in [3.63, 3.8) is 0 Å². The molecular formula is C12H13F4NO4S. The summed E-state index contributed by atoms with van der Waals surface area (Å²) >= 11 is 0. The second-order valence-electron chi connectivity index (χ2n) is 4.68. The molecule has 1 aromatic carbocycles. The van der Waals surface area contributed by atoms with Crippen molar-refractivity contribution in [1.82, 2.24) is 5.32 Å². The molecule has 1 aromatic rings. The Morgan fingerprint density at radius 3 is 2.14 bits per heavy atom. The van der Waals surface area contributed by atoms with Gasteiger partial charge in [0.25, 0.3) is 0 Å². The minimum atomic E-state index is -4.89. The molecule has 0 aliphatic rings. The summed E-state index contributed by atoms with van der Waals surface area (Å²) in [6.07, 6.45) is -4.17. The van der Waals surface area contributed by atoms with Crippen LogP contribution in [-0.2, 0) is 14.6 Å². The van der Waals surface area contributed by atoms with Crippen molar-refractivity contribution in [2.24, 2.45) is 0 Å². The Balaban J connectivity index is 3.12. The highest BCUT2D eigenvalue weighted by Gasteiger charge is 2.43. The van der Waals surface area contributed by atoms with Crippen molar-refractivity contribution >= 4 is 15.8 Å². The standard InChI is InChI=1S/C12H13F4NO4S/c1-22(20,21)6-9(11(18)19)17-10(12(14,15)16)7-2-4-8(13)5-3-7/h2-5,9-10,17H,6H2,1H3,(H,18,19)/t9-,10+/m1/s1. The van der Waals surface area contributed by atoms with E-state index >= 15 is 0 Å². The largest absolute Gasteiger partial charge is 0.480 e. The monoisotopic (exact) mass is 343 g/mol. The maximum absolute atomic E-state index is 13.1. The van der Waals surface area contributed by atoms with Gasteiger partial charge in [0, 0.05) is 6.26 Å². The number of carboxylic acids is 1. The Kier molecular flexibility index (Phi) is 5.52. The Morgan fingerprint density at radius 1 is 1.27 bits per heavy atom. The van der Waals surface area contributed by atoms with Crippen LogP contribution >= 0.6 is 0 Å². The third kappa shape index (κ3) is 5.60. The minimum Gasteiger partial charge on any atom is -0.480 e. The predicted molar refractivity (Wildman–Crippen MR) is 69.5 cm³/mol. The van der Waals surface area contributed by atoms with Gasteiger partial charge in [-0.25, -0.2) is 12.8 Å². The Bertz CT molecular complexity index is 628. The number of rotatable bonds is 6. The molecule has 0 amide bonds. The SMILES string of the molecule is CS(=O)(=O)C[C@@H](N[C@@H](c1ccc(F)cc1)C(F)(F)F)C(=O)O. The topological polar surface area (TPSA) is 83.5 Å². The molecule has 0 aliphatic carbocycles. The molecule has 0 aromatic heterocycles. The second kappa shape index (κ2) is 6.61. The third-order valence-corrected chi connectivity index (χ3v) is 3.60. The van der Waals surface area contributed by atoms with E-state index in [4.69, 9.17) is 5.11 Å². The molecule has 0 saturated heterocycles. The fraction of sp³-hybridized carbons (Fsp3) is 0.417. The van der Waals surface area contributed by atoms with Gasteiger partial charge < -0.3 is 5.11 Å². The molecular weight excluding hydrogens is 330 g/mol. The van der Waals surface area contributed by atoms with Crippen LogP contribution in [-0.4, -0.2) is 43.7 Å². The van der Waals surface area contributed by atoms with E-state index < -0.39 is 51.2 Å². The van der Waals surface area contributed by atoms with Crippen LogP contribution < -0.4 is 5.32 Å². The Labute approximate surface area is 123 Å². The smallest absolute Gasteiger partial charge is 0.407 e. The van der Waals surface area contributed by atoms with Gasteiger partial charge in [-0.1, -0.05) is 12.1 Å². The van der Waals surface area contributed by atoms with Crippen LogP contribution in [0.5, 0.6) is 0 Å². The summed E-state index contributed by atoms with van der Waals surface area (Å²) in [4.78, 5) is 11.0. The number of nitrogens with one attached hydrogen (secondary N) is 1. The first kappa shape index (κ1) is 18.4. The molecule has 124 valence electrons. The Hall–Kier alpha value is -1.68. The minimum absolute atomic E-state index is 0.423. The molecule has 10 heteroatoms. The Morgan fingerprint density at radius 2 is 1.77 bits per heavy atom. The van der Waals surface area contributed by atoms with Gasteiger partial charge in [-0.05, 0) is 17.7 Å². The molecule has 0 unspecified atom stereocenters. The average molecular weight is 343 g/mol. The summed E-state index contributed by atoms with van der Waals surface area (Å²) < 4.78 is 74.2. The van der Waals surface area contributed by atoms with E-state index in [1.54, 1.807) is 5.32 Å². The lowest BCUT2D eigenvalue weighted by molar-refractivity contribution is -0.162. The van der Waals surface area contributed by atoms with Crippen molar-refractivity contribution in [3.05, 3.63) is 35.6 Å². The summed E-state index contributed by atoms with van der Waals surface area (Å²) in [5.41, 5.74) is -0.423. The fourth-order valence-corrected chi connectivity index (χ4v) is 2.57. The zero-order chi connectivity index (χ0) is 17.1. The molecule has 0 bridgehead atoms. The number of benzene rings is 1. The van der Waals surface area contributed by atoms with Crippen molar-refractivity contribution in [1.29, 1.82) is 0 Å². The van der Waals surface area contributed by atoms with Gasteiger partial charge in [0.2, 0.25) is 0 Å². The summed E-state index contributed by atoms with van der Waals surface area (Å²) in [5.74, 6) is -3.49. The van der Waals surface area contributed by atoms with E-state index in [1.807, 2.05) is 0 Å². The van der Waals surface area contributed by atoms with Crippen LogP contribution in [0.4, 0.5) is 17.6 Å². The molecule has 0 fully saturated rings. The molecule has 2 atom stereocenters. The van der Waals surface area contributed by atoms with Gasteiger partial charge in [0.1, 0.15) is 27.7 Å². The molecule has 22 heavy (non-hydrogen) atoms. The summed E-state index contributed by atoms with van der Waals surface area (Å²) in [6.45, 7) is 0. The molecule has 0 spiro atoms. The summed E-state index contributed by atoms with van der Waals surface area (Å²) in [6, 6.07) is -1.10. The quantitative estimate of drug-likeness (QED) is 0.765. The van der Waals surface area contributed by atoms with Gasteiger partial charge in [-0.3, -0.25) is 10.1 Å². The zero-order valence-electron chi connectivity index (χ0n) is 11.3. The lowest BCUT2D eigenvalue weighted by Crippen LogP contribution is -2.48. The number of alkyl halides is 3. The molecule has 5 nitrogen and oxygen atoms in total. The third-order valence-electron chi connectivity index (χ3n) is 2.67. The van der Waals surface area contributed by atoms with Gasteiger partial charge in [-0.15, -0.1) is 0 Å². The molecule has 0 aliphatic heterocycles. The maximum atomic E-state index is 13.1. The lowest BCUT2D eigenvalue weighted by Gasteiger charge is -2.25. The van der Waals surface area contributed by atoms with E-state index in [0.29, 0.717) is 6.26 Å². The first-order valence-corrected chi connectivity index (χ1v) is 7.95. The van der Waals surface area contributed by atoms with Crippen molar-refractivity contribution in [3.8, 4) is 0 Å². The predicted octanol–water partition coefficient (Wildman–Crippen LogP) is 1.52. The van der Waals surface area contributed by atoms with Crippen LogP contribution in [0.3, 0.4) is 0 Å². The molecule has 0 radical (unpaired) electrons. The van der Waals surface area contributed by atoms with Gasteiger partial charge >= 0.3 is 12.1 Å². The first-order chi connectivity index (χ1) is 9.90. The number of aliphatic carboxylic acids is 1. The van der Waals surface area contributed by atoms with Crippen molar-refractivity contribution in [2.45, 2.75) is 18.3 Å². The van der Waals surface area contributed by atoms with E-state index in [-0.39, 0.29) is 0 Å². The number of hydrogen-bond acceptors (Lipinski definition) is 4. The second-order valence-corrected chi connectivity index (χ2v) is 6.86. The van der Waals surface area contributed by atoms with Crippen LogP contribution in [0.2, 0.25) is 0 Å². The van der Waals surface area contributed by atoms with Crippen LogP contribution in [0.15, 0.2) is 24.3 Å². The van der Waals surface area contributed by atoms with Crippen LogP contribution in [0.25, 0.3) is 0 Å². The van der Waals surface area contributed by atoms with E-state index in [9.17, 15) is 30.8 Å². The highest BCUT2D eigenvalue weighted by Crippen LogP contribution is 2.33. The van der Waals surface area contributed by atoms with Gasteiger partial charge in [-0.2, -0.15) is 13.2 Å². The van der Waals surface area contributed by atoms with Crippen molar-refractivity contribution in [2.75, 3.05) is 12.0 Å². The van der Waals surface area contributed by atoms with E-state index in [1.165, 1.54) is 0 Å². The zero-order valence-corrected chi connectivity index (χ0v) is 12.1. The van der Waals surface area contributed by atoms with Crippen LogP contribution in [0.1, 0.15) is 11.6 Å². The van der Waals surface area contributed by atoms with E-state index in [2.05, 4.69) is 0 Å². The molecule has 0 saturated carbocycles. The number of halogens is 4. The number of hydrogen-bond donors (Lipinski definition) is 2. The number of carboxylic acid groups (broad SMARTS) is 1. The van der Waals surface area contributed by atoms with Gasteiger partial charge in [0.15, 0.2) is 0 Å². The maximum Gasteiger partial charge on any atom is 0.407 e. The highest BCUT2D eigenvalue weighted by molar-refractivity contribution is 7.90. The molecule has 2 N–H and O–H groups in total. The number of sulfone groups is 1. The first-order valence-electron chi connectivity index (χ1n) is 5.89. The fourth-order valence-electron chi connectivity index (χ4n) is 1.73. The highest BCUT2D eigenvalue weighted by atomic mass is 32.2. The summed E-state index contributed by atoms with van der Waals surface area (Å²) in [7, 11) is -3.82. The molecule has 1 rings (SSSR count). The van der Waals surface area contributed by atoms with Crippen LogP contribution in [0, 0.1) is 5.82 Å².